The van der Waals surface area contributed by atoms with Crippen LogP contribution >= 0.6 is 22.9 Å². The molecule has 110 valence electrons. The number of hydrogen-bond acceptors (Lipinski definition) is 5. The number of morpholine rings is 1. The fraction of sp³-hybridized carbons (Fsp3) is 0.286. The summed E-state index contributed by atoms with van der Waals surface area (Å²) in [7, 11) is 0. The lowest BCUT2D eigenvalue weighted by molar-refractivity contribution is -0.130. The monoisotopic (exact) mass is 323 g/mol. The third kappa shape index (κ3) is 3.02. The van der Waals surface area contributed by atoms with E-state index in [2.05, 4.69) is 4.98 Å². The molecule has 0 aliphatic carbocycles. The number of nitrogens with zero attached hydrogens (tertiary/aromatic N) is 2. The molecule has 21 heavy (non-hydrogen) atoms. The van der Waals surface area contributed by atoms with Gasteiger partial charge in [0.05, 0.1) is 18.8 Å². The Bertz CT molecular complexity index is 661. The Morgan fingerprint density at radius 1 is 1.48 bits per heavy atom. The third-order valence-electron chi connectivity index (χ3n) is 3.30. The number of ether oxygens (including phenoxy) is 1. The number of aromatic nitrogens is 1. The SMILES string of the molecule is NC(=O)[C@H]1CN(c2nc(-c3ccccc3Cl)cs2)CCO1. The van der Waals surface area contributed by atoms with Crippen LogP contribution in [-0.4, -0.2) is 36.7 Å². The van der Waals surface area contributed by atoms with Gasteiger partial charge < -0.3 is 15.4 Å². The van der Waals surface area contributed by atoms with Crippen molar-refractivity contribution < 1.29 is 9.53 Å². The summed E-state index contributed by atoms with van der Waals surface area (Å²) in [5, 5.41) is 3.48. The van der Waals surface area contributed by atoms with Crippen LogP contribution in [0.3, 0.4) is 0 Å². The number of halogens is 1. The van der Waals surface area contributed by atoms with E-state index in [1.807, 2.05) is 34.5 Å². The van der Waals surface area contributed by atoms with Gasteiger partial charge in [0, 0.05) is 22.5 Å². The van der Waals surface area contributed by atoms with Gasteiger partial charge in [-0.05, 0) is 6.07 Å². The van der Waals surface area contributed by atoms with Crippen molar-refractivity contribution in [1.82, 2.24) is 4.98 Å². The number of anilines is 1. The maximum Gasteiger partial charge on any atom is 0.248 e. The molecule has 7 heteroatoms. The smallest absolute Gasteiger partial charge is 0.248 e. The first-order valence-corrected chi connectivity index (χ1v) is 7.77. The van der Waals surface area contributed by atoms with E-state index in [9.17, 15) is 4.79 Å². The second-order valence-electron chi connectivity index (χ2n) is 4.70. The highest BCUT2D eigenvalue weighted by atomic mass is 35.5. The topological polar surface area (TPSA) is 68.5 Å². The zero-order valence-electron chi connectivity index (χ0n) is 11.2. The first-order valence-electron chi connectivity index (χ1n) is 6.51. The molecule has 1 aliphatic rings. The standard InChI is InChI=1S/C14H14ClN3O2S/c15-10-4-2-1-3-9(10)11-8-21-14(17-11)18-5-6-20-12(7-18)13(16)19/h1-4,8,12H,5-7H2,(H2,16,19)/t12-/m1/s1. The lowest BCUT2D eigenvalue weighted by atomic mass is 10.2. The summed E-state index contributed by atoms with van der Waals surface area (Å²) >= 11 is 7.71. The molecule has 1 aliphatic heterocycles. The Hall–Kier alpha value is -1.63. The molecule has 1 saturated heterocycles. The molecule has 1 aromatic carbocycles. The van der Waals surface area contributed by atoms with Crippen LogP contribution < -0.4 is 10.6 Å². The van der Waals surface area contributed by atoms with Gasteiger partial charge in [-0.25, -0.2) is 4.98 Å². The number of hydrogen-bond donors (Lipinski definition) is 1. The predicted octanol–water partition coefficient (Wildman–Crippen LogP) is 2.15. The van der Waals surface area contributed by atoms with Crippen LogP contribution in [0.2, 0.25) is 5.02 Å². The Labute approximate surface area is 131 Å². The van der Waals surface area contributed by atoms with Crippen molar-refractivity contribution >= 4 is 34.0 Å². The molecule has 2 aromatic rings. The van der Waals surface area contributed by atoms with Crippen LogP contribution in [0.5, 0.6) is 0 Å². The minimum Gasteiger partial charge on any atom is -0.367 e. The average molecular weight is 324 g/mol. The van der Waals surface area contributed by atoms with Crippen molar-refractivity contribution in [1.29, 1.82) is 0 Å². The highest BCUT2D eigenvalue weighted by Gasteiger charge is 2.26. The molecule has 0 spiro atoms. The summed E-state index contributed by atoms with van der Waals surface area (Å²) in [6.45, 7) is 1.60. The molecule has 0 saturated carbocycles. The van der Waals surface area contributed by atoms with Gasteiger partial charge in [0.2, 0.25) is 5.91 Å². The molecular formula is C14H14ClN3O2S. The normalized spacial score (nSPS) is 18.7. The molecule has 0 unspecified atom stereocenters. The lowest BCUT2D eigenvalue weighted by Crippen LogP contribution is -2.48. The summed E-state index contributed by atoms with van der Waals surface area (Å²) in [6, 6.07) is 7.59. The summed E-state index contributed by atoms with van der Waals surface area (Å²) in [5.41, 5.74) is 7.04. The Kier molecular flexibility index (Phi) is 4.10. The summed E-state index contributed by atoms with van der Waals surface area (Å²) in [5.74, 6) is -0.442. The van der Waals surface area contributed by atoms with E-state index in [1.165, 1.54) is 11.3 Å². The van der Waals surface area contributed by atoms with Crippen LogP contribution in [-0.2, 0) is 9.53 Å². The van der Waals surface area contributed by atoms with Crippen LogP contribution in [0.1, 0.15) is 0 Å². The zero-order valence-corrected chi connectivity index (χ0v) is 12.7. The van der Waals surface area contributed by atoms with E-state index in [4.69, 9.17) is 22.1 Å². The maximum absolute atomic E-state index is 11.2. The van der Waals surface area contributed by atoms with Crippen molar-refractivity contribution in [3.63, 3.8) is 0 Å². The van der Waals surface area contributed by atoms with E-state index in [0.29, 0.717) is 24.7 Å². The molecule has 1 atom stereocenters. The summed E-state index contributed by atoms with van der Waals surface area (Å²) < 4.78 is 5.34. The Morgan fingerprint density at radius 2 is 2.29 bits per heavy atom. The second kappa shape index (κ2) is 6.01. The van der Waals surface area contributed by atoms with Gasteiger partial charge >= 0.3 is 0 Å². The van der Waals surface area contributed by atoms with Gasteiger partial charge in [0.1, 0.15) is 0 Å². The number of amides is 1. The molecule has 2 N–H and O–H groups in total. The zero-order chi connectivity index (χ0) is 14.8. The average Bonchev–Trinajstić information content (AvgIpc) is 2.97. The number of primary amides is 1. The fourth-order valence-electron chi connectivity index (χ4n) is 2.20. The van der Waals surface area contributed by atoms with E-state index in [1.54, 1.807) is 0 Å². The van der Waals surface area contributed by atoms with Gasteiger partial charge in [0.15, 0.2) is 11.2 Å². The molecule has 1 amide bonds. The van der Waals surface area contributed by atoms with Gasteiger partial charge in [-0.2, -0.15) is 0 Å². The van der Waals surface area contributed by atoms with Crippen LogP contribution in [0, 0.1) is 0 Å². The second-order valence-corrected chi connectivity index (χ2v) is 5.95. The minimum absolute atomic E-state index is 0.435. The highest BCUT2D eigenvalue weighted by Crippen LogP contribution is 2.32. The molecule has 0 bridgehead atoms. The molecule has 1 aromatic heterocycles. The van der Waals surface area contributed by atoms with Gasteiger partial charge in [-0.15, -0.1) is 11.3 Å². The van der Waals surface area contributed by atoms with E-state index in [-0.39, 0.29) is 0 Å². The number of nitrogens with two attached hydrogens (primary N) is 1. The Morgan fingerprint density at radius 3 is 3.05 bits per heavy atom. The van der Waals surface area contributed by atoms with Crippen molar-refractivity contribution in [3.05, 3.63) is 34.7 Å². The quantitative estimate of drug-likeness (QED) is 0.939. The number of carbonyl (C=O) groups excluding carboxylic acids is 1. The van der Waals surface area contributed by atoms with Crippen molar-refractivity contribution in [2.24, 2.45) is 5.73 Å². The molecule has 2 heterocycles. The first kappa shape index (κ1) is 14.3. The van der Waals surface area contributed by atoms with Crippen molar-refractivity contribution in [2.45, 2.75) is 6.10 Å². The fourth-order valence-corrected chi connectivity index (χ4v) is 3.29. The van der Waals surface area contributed by atoms with Gasteiger partial charge in [0.25, 0.3) is 0 Å². The number of benzene rings is 1. The first-order chi connectivity index (χ1) is 10.1. The van der Waals surface area contributed by atoms with Gasteiger partial charge in [-0.1, -0.05) is 29.8 Å². The number of thiazole rings is 1. The summed E-state index contributed by atoms with van der Waals surface area (Å²) in [4.78, 5) is 17.9. The van der Waals surface area contributed by atoms with Crippen LogP contribution in [0.25, 0.3) is 11.3 Å². The van der Waals surface area contributed by atoms with Gasteiger partial charge in [-0.3, -0.25) is 4.79 Å². The molecular weight excluding hydrogens is 310 g/mol. The van der Waals surface area contributed by atoms with E-state index >= 15 is 0 Å². The maximum atomic E-state index is 11.2. The lowest BCUT2D eigenvalue weighted by Gasteiger charge is -2.30. The largest absolute Gasteiger partial charge is 0.367 e. The molecule has 0 radical (unpaired) electrons. The summed E-state index contributed by atoms with van der Waals surface area (Å²) in [6.07, 6.45) is -0.577. The molecule has 5 nitrogen and oxygen atoms in total. The third-order valence-corrected chi connectivity index (χ3v) is 4.53. The van der Waals surface area contributed by atoms with Crippen LogP contribution in [0.15, 0.2) is 29.6 Å². The number of carbonyl (C=O) groups is 1. The minimum atomic E-state index is -0.577. The number of rotatable bonds is 3. The predicted molar refractivity (Wildman–Crippen MR) is 83.7 cm³/mol. The molecule has 3 rings (SSSR count). The molecule has 1 fully saturated rings. The highest BCUT2D eigenvalue weighted by molar-refractivity contribution is 7.14. The van der Waals surface area contributed by atoms with Crippen LogP contribution in [0.4, 0.5) is 5.13 Å². The van der Waals surface area contributed by atoms with E-state index in [0.717, 1.165) is 16.4 Å². The van der Waals surface area contributed by atoms with E-state index < -0.39 is 12.0 Å². The van der Waals surface area contributed by atoms with Crippen molar-refractivity contribution in [2.75, 3.05) is 24.6 Å². The van der Waals surface area contributed by atoms with Crippen molar-refractivity contribution in [3.8, 4) is 11.3 Å². The Balaban J connectivity index is 1.82.